The summed E-state index contributed by atoms with van der Waals surface area (Å²) in [5.41, 5.74) is 3.03. The molecule has 100 valence electrons. The van der Waals surface area contributed by atoms with E-state index in [4.69, 9.17) is 4.74 Å². The number of hydrogen-bond donors (Lipinski definition) is 0. The van der Waals surface area contributed by atoms with E-state index in [1.54, 1.807) is 6.92 Å². The lowest BCUT2D eigenvalue weighted by Crippen LogP contribution is -2.15. The highest BCUT2D eigenvalue weighted by atomic mass is 16.5. The molecule has 0 amide bonds. The second-order valence-electron chi connectivity index (χ2n) is 4.53. The quantitative estimate of drug-likeness (QED) is 0.760. The molecule has 1 heterocycles. The van der Waals surface area contributed by atoms with Gasteiger partial charge in [0.05, 0.1) is 12.3 Å². The van der Waals surface area contributed by atoms with E-state index in [1.165, 1.54) is 0 Å². The van der Waals surface area contributed by atoms with Crippen molar-refractivity contribution in [2.75, 3.05) is 25.6 Å². The molecule has 4 nitrogen and oxygen atoms in total. The van der Waals surface area contributed by atoms with Crippen LogP contribution in [0.2, 0.25) is 0 Å². The van der Waals surface area contributed by atoms with E-state index in [2.05, 4.69) is 22.0 Å². The molecular weight excluding hydrogens is 240 g/mol. The molecule has 1 aliphatic heterocycles. The second kappa shape index (κ2) is 5.69. The molecule has 1 atom stereocenters. The molecule has 0 radical (unpaired) electrons. The predicted molar refractivity (Wildman–Crippen MR) is 77.7 cm³/mol. The maximum absolute atomic E-state index is 11.4. The monoisotopic (exact) mass is 258 g/mol. The summed E-state index contributed by atoms with van der Waals surface area (Å²) in [6, 6.07) is 7.80. The molecule has 0 saturated heterocycles. The van der Waals surface area contributed by atoms with Gasteiger partial charge >= 0.3 is 5.97 Å². The molecular formula is C15H18N2O2. The lowest BCUT2D eigenvalue weighted by molar-refractivity contribution is -0.141. The van der Waals surface area contributed by atoms with Crippen molar-refractivity contribution in [3.05, 3.63) is 35.9 Å². The average Bonchev–Trinajstić information content (AvgIpc) is 3.17. The van der Waals surface area contributed by atoms with Crippen molar-refractivity contribution in [3.63, 3.8) is 0 Å². The SMILES string of the molecule is CCOC(=O)C1N=C1/C=C/c1ccc(N(C)C)cc1. The Kier molecular flexibility index (Phi) is 4.00. The van der Waals surface area contributed by atoms with Gasteiger partial charge in [-0.15, -0.1) is 0 Å². The van der Waals surface area contributed by atoms with Crippen LogP contribution >= 0.6 is 0 Å². The molecule has 0 spiro atoms. The van der Waals surface area contributed by atoms with Crippen LogP contribution in [-0.2, 0) is 9.53 Å². The molecule has 0 aliphatic carbocycles. The van der Waals surface area contributed by atoms with Crippen LogP contribution in [0.25, 0.3) is 6.08 Å². The smallest absolute Gasteiger partial charge is 0.337 e. The second-order valence-corrected chi connectivity index (χ2v) is 4.53. The Hall–Kier alpha value is -2.10. The number of aliphatic imine (C=N–C) groups is 1. The molecule has 0 saturated carbocycles. The van der Waals surface area contributed by atoms with Gasteiger partial charge in [0.25, 0.3) is 0 Å². The fraction of sp³-hybridized carbons (Fsp3) is 0.333. The number of esters is 1. The summed E-state index contributed by atoms with van der Waals surface area (Å²) in [5, 5.41) is 0. The number of hydrogen-bond acceptors (Lipinski definition) is 4. The largest absolute Gasteiger partial charge is 0.464 e. The first-order chi connectivity index (χ1) is 9.11. The highest BCUT2D eigenvalue weighted by molar-refractivity contribution is 6.22. The van der Waals surface area contributed by atoms with Gasteiger partial charge in [0.15, 0.2) is 6.04 Å². The molecule has 0 bridgehead atoms. The number of ether oxygens (including phenoxy) is 1. The Balaban J connectivity index is 1.90. The molecule has 1 aromatic rings. The van der Waals surface area contributed by atoms with Gasteiger partial charge in [-0.3, -0.25) is 4.99 Å². The summed E-state index contributed by atoms with van der Waals surface area (Å²) in [4.78, 5) is 17.5. The summed E-state index contributed by atoms with van der Waals surface area (Å²) >= 11 is 0. The zero-order chi connectivity index (χ0) is 13.8. The Labute approximate surface area is 113 Å². The fourth-order valence-corrected chi connectivity index (χ4v) is 1.71. The minimum absolute atomic E-state index is 0.259. The lowest BCUT2D eigenvalue weighted by Gasteiger charge is -2.11. The van der Waals surface area contributed by atoms with Crippen molar-refractivity contribution < 1.29 is 9.53 Å². The number of benzene rings is 1. The highest BCUT2D eigenvalue weighted by Gasteiger charge is 2.34. The third kappa shape index (κ3) is 3.44. The normalized spacial score (nSPS) is 17.2. The van der Waals surface area contributed by atoms with Crippen LogP contribution in [0, 0.1) is 0 Å². The van der Waals surface area contributed by atoms with Gasteiger partial charge in [0, 0.05) is 19.8 Å². The van der Waals surface area contributed by atoms with Crippen LogP contribution in [0.3, 0.4) is 0 Å². The van der Waals surface area contributed by atoms with E-state index < -0.39 is 0 Å². The van der Waals surface area contributed by atoms with E-state index in [1.807, 2.05) is 38.4 Å². The zero-order valence-corrected chi connectivity index (χ0v) is 11.5. The Morgan fingerprint density at radius 3 is 2.58 bits per heavy atom. The van der Waals surface area contributed by atoms with Crippen LogP contribution in [0.1, 0.15) is 12.5 Å². The van der Waals surface area contributed by atoms with Gasteiger partial charge in [0.1, 0.15) is 0 Å². The van der Waals surface area contributed by atoms with E-state index in [0.29, 0.717) is 6.61 Å². The first-order valence-corrected chi connectivity index (χ1v) is 6.31. The van der Waals surface area contributed by atoms with Crippen molar-refractivity contribution in [2.24, 2.45) is 4.99 Å². The molecule has 0 fully saturated rings. The first-order valence-electron chi connectivity index (χ1n) is 6.31. The maximum Gasteiger partial charge on any atom is 0.337 e. The van der Waals surface area contributed by atoms with Crippen LogP contribution < -0.4 is 4.90 Å². The Morgan fingerprint density at radius 1 is 1.32 bits per heavy atom. The summed E-state index contributed by atoms with van der Waals surface area (Å²) in [5.74, 6) is -0.259. The minimum atomic E-state index is -0.378. The van der Waals surface area contributed by atoms with Gasteiger partial charge in [-0.25, -0.2) is 4.79 Å². The number of anilines is 1. The van der Waals surface area contributed by atoms with Crippen LogP contribution in [0.4, 0.5) is 5.69 Å². The van der Waals surface area contributed by atoms with Gasteiger partial charge in [-0.05, 0) is 30.7 Å². The van der Waals surface area contributed by atoms with Gasteiger partial charge < -0.3 is 9.64 Å². The third-order valence-corrected chi connectivity index (χ3v) is 2.86. The molecule has 1 aromatic carbocycles. The fourth-order valence-electron chi connectivity index (χ4n) is 1.71. The summed E-state index contributed by atoms with van der Waals surface area (Å²) in [7, 11) is 4.02. The lowest BCUT2D eigenvalue weighted by atomic mass is 10.1. The van der Waals surface area contributed by atoms with E-state index in [9.17, 15) is 4.79 Å². The van der Waals surface area contributed by atoms with Gasteiger partial charge in [-0.1, -0.05) is 18.2 Å². The number of carbonyl (C=O) groups excluding carboxylic acids is 1. The summed E-state index contributed by atoms with van der Waals surface area (Å²) < 4.78 is 4.90. The molecule has 1 aliphatic rings. The van der Waals surface area contributed by atoms with Gasteiger partial charge in [-0.2, -0.15) is 0 Å². The molecule has 0 N–H and O–H groups in total. The Morgan fingerprint density at radius 2 is 2.00 bits per heavy atom. The topological polar surface area (TPSA) is 41.9 Å². The predicted octanol–water partition coefficient (Wildman–Crippen LogP) is 2.15. The summed E-state index contributed by atoms with van der Waals surface area (Å²) in [6.07, 6.45) is 3.82. The van der Waals surface area contributed by atoms with Crippen molar-refractivity contribution in [3.8, 4) is 0 Å². The van der Waals surface area contributed by atoms with Crippen molar-refractivity contribution in [1.82, 2.24) is 0 Å². The van der Waals surface area contributed by atoms with E-state index >= 15 is 0 Å². The number of carbonyl (C=O) groups is 1. The maximum atomic E-state index is 11.4. The Bertz CT molecular complexity index is 515. The molecule has 1 unspecified atom stereocenters. The van der Waals surface area contributed by atoms with E-state index in [-0.39, 0.29) is 12.0 Å². The standard InChI is InChI=1S/C15H18N2O2/c1-4-19-15(18)14-13(16-14)10-7-11-5-8-12(9-6-11)17(2)3/h5-10,14H,4H2,1-3H3/b10-7+. The van der Waals surface area contributed by atoms with Crippen molar-refractivity contribution >= 4 is 23.4 Å². The van der Waals surface area contributed by atoms with Crippen LogP contribution in [0.15, 0.2) is 35.3 Å². The van der Waals surface area contributed by atoms with Crippen LogP contribution in [-0.4, -0.2) is 38.4 Å². The highest BCUT2D eigenvalue weighted by Crippen LogP contribution is 2.17. The molecule has 0 aromatic heterocycles. The molecule has 19 heavy (non-hydrogen) atoms. The van der Waals surface area contributed by atoms with Crippen LogP contribution in [0.5, 0.6) is 0 Å². The average molecular weight is 258 g/mol. The third-order valence-electron chi connectivity index (χ3n) is 2.86. The zero-order valence-electron chi connectivity index (χ0n) is 11.5. The van der Waals surface area contributed by atoms with Gasteiger partial charge in [0.2, 0.25) is 0 Å². The van der Waals surface area contributed by atoms with Crippen molar-refractivity contribution in [2.45, 2.75) is 13.0 Å². The summed E-state index contributed by atoms with van der Waals surface area (Å²) in [6.45, 7) is 2.19. The first kappa shape index (κ1) is 13.3. The molecule has 2 rings (SSSR count). The molecule has 4 heteroatoms. The van der Waals surface area contributed by atoms with E-state index in [0.717, 1.165) is 17.0 Å². The number of rotatable bonds is 5. The van der Waals surface area contributed by atoms with Crippen molar-refractivity contribution in [1.29, 1.82) is 0 Å². The minimum Gasteiger partial charge on any atom is -0.464 e. The number of nitrogens with zero attached hydrogens (tertiary/aromatic N) is 2.